The summed E-state index contributed by atoms with van der Waals surface area (Å²) in [5, 5.41) is 3.44. The number of methoxy groups -OCH3 is 1. The van der Waals surface area contributed by atoms with Crippen molar-refractivity contribution in [3.63, 3.8) is 0 Å². The third-order valence-electron chi connectivity index (χ3n) is 3.95. The molecular weight excluding hydrogens is 236 g/mol. The third kappa shape index (κ3) is 4.51. The van der Waals surface area contributed by atoms with E-state index in [-0.39, 0.29) is 0 Å². The number of nitrogens with one attached hydrogen (secondary N) is 1. The summed E-state index contributed by atoms with van der Waals surface area (Å²) in [5.74, 6) is 1.90. The maximum absolute atomic E-state index is 5.40. The molecule has 0 saturated carbocycles. The van der Waals surface area contributed by atoms with Gasteiger partial charge in [0, 0.05) is 12.1 Å². The lowest BCUT2D eigenvalue weighted by Crippen LogP contribution is -2.20. The highest BCUT2D eigenvalue weighted by Crippen LogP contribution is 2.19. The van der Waals surface area contributed by atoms with Crippen molar-refractivity contribution < 1.29 is 4.74 Å². The number of benzene rings is 1. The Labute approximate surface area is 116 Å². The van der Waals surface area contributed by atoms with Gasteiger partial charge in [0.1, 0.15) is 5.75 Å². The second kappa shape index (κ2) is 7.51. The molecule has 3 heteroatoms. The molecule has 1 saturated heterocycles. The van der Waals surface area contributed by atoms with Crippen LogP contribution in [0, 0.1) is 5.92 Å². The predicted molar refractivity (Wildman–Crippen MR) is 79.5 cm³/mol. The minimum atomic E-state index is 0.902. The zero-order valence-electron chi connectivity index (χ0n) is 12.2. The first-order valence-electron chi connectivity index (χ1n) is 7.30. The predicted octanol–water partition coefficient (Wildman–Crippen LogP) is 2.52. The van der Waals surface area contributed by atoms with Gasteiger partial charge in [0.05, 0.1) is 7.11 Å². The Kier molecular flexibility index (Phi) is 5.67. The first-order chi connectivity index (χ1) is 9.29. The quantitative estimate of drug-likeness (QED) is 0.817. The van der Waals surface area contributed by atoms with Gasteiger partial charge in [0.25, 0.3) is 0 Å². The zero-order valence-corrected chi connectivity index (χ0v) is 12.2. The van der Waals surface area contributed by atoms with Crippen molar-refractivity contribution in [1.29, 1.82) is 0 Å². The van der Waals surface area contributed by atoms with E-state index in [4.69, 9.17) is 4.74 Å². The number of hydrogen-bond acceptors (Lipinski definition) is 3. The fourth-order valence-electron chi connectivity index (χ4n) is 2.81. The fraction of sp³-hybridized carbons (Fsp3) is 0.625. The molecule has 2 rings (SSSR count). The lowest BCUT2D eigenvalue weighted by molar-refractivity contribution is 0.301. The van der Waals surface area contributed by atoms with E-state index in [1.807, 2.05) is 12.1 Å². The zero-order chi connectivity index (χ0) is 13.5. The van der Waals surface area contributed by atoms with Gasteiger partial charge in [-0.25, -0.2) is 0 Å². The molecule has 0 bridgehead atoms. The first-order valence-corrected chi connectivity index (χ1v) is 7.30. The molecule has 106 valence electrons. The van der Waals surface area contributed by atoms with Crippen LogP contribution in [-0.4, -0.2) is 38.7 Å². The number of para-hydroxylation sites is 1. The van der Waals surface area contributed by atoms with Crippen molar-refractivity contribution in [3.8, 4) is 5.75 Å². The Bertz CT molecular complexity index is 375. The minimum absolute atomic E-state index is 0.902. The molecule has 1 atom stereocenters. The Morgan fingerprint density at radius 1 is 1.37 bits per heavy atom. The van der Waals surface area contributed by atoms with Crippen molar-refractivity contribution in [3.05, 3.63) is 29.8 Å². The molecule has 19 heavy (non-hydrogen) atoms. The fourth-order valence-corrected chi connectivity index (χ4v) is 2.81. The number of hydrogen-bond donors (Lipinski definition) is 1. The molecule has 0 aliphatic carbocycles. The van der Waals surface area contributed by atoms with Crippen LogP contribution < -0.4 is 10.1 Å². The Morgan fingerprint density at radius 3 is 2.95 bits per heavy atom. The summed E-state index contributed by atoms with van der Waals surface area (Å²) < 4.78 is 5.40. The second-order valence-corrected chi connectivity index (χ2v) is 5.55. The number of ether oxygens (including phenoxy) is 1. The van der Waals surface area contributed by atoms with Gasteiger partial charge in [0.2, 0.25) is 0 Å². The van der Waals surface area contributed by atoms with Crippen molar-refractivity contribution in [2.24, 2.45) is 5.92 Å². The van der Waals surface area contributed by atoms with E-state index in [9.17, 15) is 0 Å². The maximum atomic E-state index is 5.40. The summed E-state index contributed by atoms with van der Waals surface area (Å²) in [4.78, 5) is 2.39. The average Bonchev–Trinajstić information content (AvgIpc) is 2.92. The van der Waals surface area contributed by atoms with Crippen molar-refractivity contribution in [1.82, 2.24) is 10.2 Å². The van der Waals surface area contributed by atoms with Gasteiger partial charge < -0.3 is 15.0 Å². The Balaban J connectivity index is 1.72. The van der Waals surface area contributed by atoms with Crippen LogP contribution in [0.15, 0.2) is 24.3 Å². The maximum Gasteiger partial charge on any atom is 0.123 e. The van der Waals surface area contributed by atoms with Crippen LogP contribution in [0.3, 0.4) is 0 Å². The number of nitrogens with zero attached hydrogens (tertiary/aromatic N) is 1. The van der Waals surface area contributed by atoms with Crippen LogP contribution in [0.2, 0.25) is 0 Å². The van der Waals surface area contributed by atoms with Crippen LogP contribution in [0.5, 0.6) is 5.75 Å². The smallest absolute Gasteiger partial charge is 0.123 e. The van der Waals surface area contributed by atoms with E-state index in [1.165, 1.54) is 37.9 Å². The third-order valence-corrected chi connectivity index (χ3v) is 3.95. The van der Waals surface area contributed by atoms with Gasteiger partial charge in [-0.2, -0.15) is 0 Å². The van der Waals surface area contributed by atoms with Crippen molar-refractivity contribution in [2.75, 3.05) is 33.8 Å². The molecule has 1 aromatic carbocycles. The van der Waals surface area contributed by atoms with Gasteiger partial charge in [-0.05, 0) is 57.9 Å². The van der Waals surface area contributed by atoms with E-state index in [2.05, 4.69) is 29.4 Å². The monoisotopic (exact) mass is 262 g/mol. The Hall–Kier alpha value is -1.06. The van der Waals surface area contributed by atoms with Crippen LogP contribution in [0.4, 0.5) is 0 Å². The molecule has 0 spiro atoms. The highest BCUT2D eigenvalue weighted by atomic mass is 16.5. The van der Waals surface area contributed by atoms with E-state index in [0.29, 0.717) is 0 Å². The molecule has 0 aromatic heterocycles. The normalized spacial score (nSPS) is 19.0. The largest absolute Gasteiger partial charge is 0.496 e. The van der Waals surface area contributed by atoms with Gasteiger partial charge in [-0.1, -0.05) is 18.2 Å². The second-order valence-electron chi connectivity index (χ2n) is 5.55. The number of rotatable bonds is 7. The molecular formula is C16H26N2O. The van der Waals surface area contributed by atoms with Crippen molar-refractivity contribution in [2.45, 2.75) is 25.8 Å². The summed E-state index contributed by atoms with van der Waals surface area (Å²) in [6.45, 7) is 4.55. The highest BCUT2D eigenvalue weighted by Gasteiger charge is 2.14. The summed E-state index contributed by atoms with van der Waals surface area (Å²) in [6, 6.07) is 8.29. The first kappa shape index (κ1) is 14.4. The van der Waals surface area contributed by atoms with Crippen LogP contribution in [0.1, 0.15) is 24.8 Å². The molecule has 3 nitrogen and oxygen atoms in total. The van der Waals surface area contributed by atoms with E-state index < -0.39 is 0 Å². The van der Waals surface area contributed by atoms with E-state index >= 15 is 0 Å². The molecule has 1 N–H and O–H groups in total. The van der Waals surface area contributed by atoms with Gasteiger partial charge in [-0.3, -0.25) is 0 Å². The lowest BCUT2D eigenvalue weighted by Gasteiger charge is -2.19. The van der Waals surface area contributed by atoms with Crippen LogP contribution in [0.25, 0.3) is 0 Å². The standard InChI is InChI=1S/C16H26N2O/c1-18(11-5-6-14-9-10-17-12-14)13-15-7-3-4-8-16(15)19-2/h3-4,7-8,14,17H,5-6,9-13H2,1-2H3. The average molecular weight is 262 g/mol. The van der Waals surface area contributed by atoms with Gasteiger partial charge in [0.15, 0.2) is 0 Å². The summed E-state index contributed by atoms with van der Waals surface area (Å²) in [6.07, 6.45) is 4.00. The van der Waals surface area contributed by atoms with Gasteiger partial charge >= 0.3 is 0 Å². The molecule has 0 amide bonds. The summed E-state index contributed by atoms with van der Waals surface area (Å²) >= 11 is 0. The van der Waals surface area contributed by atoms with Crippen LogP contribution >= 0.6 is 0 Å². The van der Waals surface area contributed by atoms with E-state index in [1.54, 1.807) is 7.11 Å². The molecule has 1 fully saturated rings. The summed E-state index contributed by atoms with van der Waals surface area (Å²) in [7, 11) is 3.94. The SMILES string of the molecule is COc1ccccc1CN(C)CCCC1CCNC1. The highest BCUT2D eigenvalue weighted by molar-refractivity contribution is 5.32. The topological polar surface area (TPSA) is 24.5 Å². The molecule has 1 aliphatic heterocycles. The van der Waals surface area contributed by atoms with Gasteiger partial charge in [-0.15, -0.1) is 0 Å². The molecule has 1 heterocycles. The molecule has 1 aromatic rings. The lowest BCUT2D eigenvalue weighted by atomic mass is 10.0. The van der Waals surface area contributed by atoms with E-state index in [0.717, 1.165) is 24.8 Å². The molecule has 1 unspecified atom stereocenters. The molecule has 1 aliphatic rings. The Morgan fingerprint density at radius 2 is 2.21 bits per heavy atom. The van der Waals surface area contributed by atoms with Crippen molar-refractivity contribution >= 4 is 0 Å². The minimum Gasteiger partial charge on any atom is -0.496 e. The van der Waals surface area contributed by atoms with Crippen LogP contribution in [-0.2, 0) is 6.54 Å². The molecule has 0 radical (unpaired) electrons. The summed E-state index contributed by atoms with van der Waals surface area (Å²) in [5.41, 5.74) is 1.27.